The highest BCUT2D eigenvalue weighted by Gasteiger charge is 2.24. The fraction of sp³-hybridized carbons (Fsp3) is 0.143. The molecule has 0 bridgehead atoms. The Hall–Kier alpha value is -3.63. The van der Waals surface area contributed by atoms with Gasteiger partial charge in [-0.25, -0.2) is 19.3 Å². The normalized spacial score (nSPS) is 11.5. The summed E-state index contributed by atoms with van der Waals surface area (Å²) in [5.41, 5.74) is 1.36. The molecule has 0 atom stereocenters. The molecule has 28 heavy (non-hydrogen) atoms. The number of pyridine rings is 1. The van der Waals surface area contributed by atoms with Crippen LogP contribution in [-0.4, -0.2) is 24.5 Å². The molecule has 0 aliphatic rings. The number of benzene rings is 1. The smallest absolute Gasteiger partial charge is 0.174 e. The lowest BCUT2D eigenvalue weighted by atomic mass is 9.99. The summed E-state index contributed by atoms with van der Waals surface area (Å²) in [7, 11) is 0. The first-order valence-corrected chi connectivity index (χ1v) is 8.61. The molecular weight excluding hydrogens is 357 g/mol. The van der Waals surface area contributed by atoms with E-state index in [0.717, 1.165) is 0 Å². The molecule has 0 radical (unpaired) electrons. The van der Waals surface area contributed by atoms with Crippen LogP contribution in [0, 0.1) is 17.1 Å². The summed E-state index contributed by atoms with van der Waals surface area (Å²) >= 11 is 0. The molecular formula is C21H16FN5O. The standard InChI is InChI=1S/C21H16FN5O/c1-21(2,28)15-7-9-27-17(12-25-20(27)18(15)22)16-6-8-24-19(26-16)14-5-3-4-13(10-14)11-23/h3-10,12,28H,1-2H3. The minimum Gasteiger partial charge on any atom is -0.386 e. The van der Waals surface area contributed by atoms with Crippen molar-refractivity contribution in [2.75, 3.05) is 0 Å². The number of aliphatic hydroxyl groups is 1. The van der Waals surface area contributed by atoms with Crippen LogP contribution >= 0.6 is 0 Å². The van der Waals surface area contributed by atoms with Crippen molar-refractivity contribution in [3.05, 3.63) is 71.9 Å². The van der Waals surface area contributed by atoms with Crippen LogP contribution in [0.5, 0.6) is 0 Å². The molecule has 0 spiro atoms. The Morgan fingerprint density at radius 3 is 2.75 bits per heavy atom. The second-order valence-electron chi connectivity index (χ2n) is 6.90. The molecule has 0 fully saturated rings. The van der Waals surface area contributed by atoms with E-state index in [9.17, 15) is 9.50 Å². The van der Waals surface area contributed by atoms with Crippen molar-refractivity contribution in [3.8, 4) is 28.8 Å². The molecule has 0 aliphatic carbocycles. The van der Waals surface area contributed by atoms with Gasteiger partial charge in [-0.15, -0.1) is 0 Å². The van der Waals surface area contributed by atoms with Gasteiger partial charge in [0.25, 0.3) is 0 Å². The lowest BCUT2D eigenvalue weighted by Gasteiger charge is -2.18. The average Bonchev–Trinajstić information content (AvgIpc) is 3.12. The van der Waals surface area contributed by atoms with Gasteiger partial charge in [-0.05, 0) is 38.1 Å². The molecule has 4 aromatic rings. The van der Waals surface area contributed by atoms with Gasteiger partial charge in [0.2, 0.25) is 0 Å². The van der Waals surface area contributed by atoms with Crippen LogP contribution in [0.4, 0.5) is 4.39 Å². The quantitative estimate of drug-likeness (QED) is 0.592. The number of rotatable bonds is 3. The van der Waals surface area contributed by atoms with E-state index in [4.69, 9.17) is 5.26 Å². The van der Waals surface area contributed by atoms with Crippen molar-refractivity contribution in [2.24, 2.45) is 0 Å². The van der Waals surface area contributed by atoms with E-state index in [0.29, 0.717) is 28.3 Å². The second kappa shape index (κ2) is 6.51. The second-order valence-corrected chi connectivity index (χ2v) is 6.90. The summed E-state index contributed by atoms with van der Waals surface area (Å²) < 4.78 is 16.4. The number of aromatic nitrogens is 4. The summed E-state index contributed by atoms with van der Waals surface area (Å²) in [6.07, 6.45) is 4.80. The minimum atomic E-state index is -1.31. The summed E-state index contributed by atoms with van der Waals surface area (Å²) in [6, 6.07) is 12.4. The third kappa shape index (κ3) is 3.00. The van der Waals surface area contributed by atoms with Crippen LogP contribution in [0.2, 0.25) is 0 Å². The van der Waals surface area contributed by atoms with Gasteiger partial charge in [-0.3, -0.25) is 4.40 Å². The van der Waals surface area contributed by atoms with Gasteiger partial charge in [0, 0.05) is 23.5 Å². The van der Waals surface area contributed by atoms with E-state index < -0.39 is 11.4 Å². The summed E-state index contributed by atoms with van der Waals surface area (Å²) in [5, 5.41) is 19.2. The summed E-state index contributed by atoms with van der Waals surface area (Å²) in [5.74, 6) is -0.115. The van der Waals surface area contributed by atoms with Gasteiger partial charge in [0.1, 0.15) is 0 Å². The topological polar surface area (TPSA) is 87.1 Å². The van der Waals surface area contributed by atoms with Crippen LogP contribution in [0.25, 0.3) is 28.4 Å². The van der Waals surface area contributed by atoms with Crippen molar-refractivity contribution >= 4 is 5.65 Å². The third-order valence-corrected chi connectivity index (χ3v) is 4.45. The number of imidazole rings is 1. The monoisotopic (exact) mass is 373 g/mol. The molecule has 0 amide bonds. The van der Waals surface area contributed by atoms with Crippen LogP contribution in [0.15, 0.2) is 55.0 Å². The first kappa shape index (κ1) is 17.8. The first-order chi connectivity index (χ1) is 13.4. The Balaban J connectivity index is 1.83. The fourth-order valence-corrected chi connectivity index (χ4v) is 3.05. The van der Waals surface area contributed by atoms with Gasteiger partial charge < -0.3 is 5.11 Å². The highest BCUT2D eigenvalue weighted by molar-refractivity contribution is 5.65. The number of halogens is 1. The van der Waals surface area contributed by atoms with Crippen molar-refractivity contribution in [3.63, 3.8) is 0 Å². The Morgan fingerprint density at radius 1 is 1.18 bits per heavy atom. The molecule has 0 saturated carbocycles. The minimum absolute atomic E-state index is 0.112. The zero-order valence-corrected chi connectivity index (χ0v) is 15.3. The zero-order chi connectivity index (χ0) is 19.9. The Kier molecular flexibility index (Phi) is 4.13. The third-order valence-electron chi connectivity index (χ3n) is 4.45. The molecule has 0 saturated heterocycles. The number of nitriles is 1. The molecule has 138 valence electrons. The van der Waals surface area contributed by atoms with E-state index in [1.807, 2.05) is 6.07 Å². The van der Waals surface area contributed by atoms with Gasteiger partial charge >= 0.3 is 0 Å². The van der Waals surface area contributed by atoms with Crippen LogP contribution in [0.1, 0.15) is 25.0 Å². The van der Waals surface area contributed by atoms with E-state index in [2.05, 4.69) is 21.0 Å². The molecule has 3 heterocycles. The highest BCUT2D eigenvalue weighted by Crippen LogP contribution is 2.28. The van der Waals surface area contributed by atoms with Crippen molar-refractivity contribution in [1.29, 1.82) is 5.26 Å². The molecule has 7 heteroatoms. The lowest BCUT2D eigenvalue weighted by Crippen LogP contribution is -2.18. The van der Waals surface area contributed by atoms with Crippen LogP contribution < -0.4 is 0 Å². The molecule has 0 unspecified atom stereocenters. The van der Waals surface area contributed by atoms with E-state index >= 15 is 0 Å². The predicted octanol–water partition coefficient (Wildman–Crippen LogP) is 3.70. The van der Waals surface area contributed by atoms with E-state index in [1.54, 1.807) is 41.1 Å². The van der Waals surface area contributed by atoms with Gasteiger partial charge in [0.15, 0.2) is 17.3 Å². The Labute approximate surface area is 160 Å². The maximum absolute atomic E-state index is 14.8. The Morgan fingerprint density at radius 2 is 2.00 bits per heavy atom. The van der Waals surface area contributed by atoms with Gasteiger partial charge in [0.05, 0.1) is 34.8 Å². The van der Waals surface area contributed by atoms with Crippen molar-refractivity contribution < 1.29 is 9.50 Å². The maximum Gasteiger partial charge on any atom is 0.174 e. The van der Waals surface area contributed by atoms with E-state index in [1.165, 1.54) is 26.1 Å². The first-order valence-electron chi connectivity index (χ1n) is 8.61. The molecule has 1 N–H and O–H groups in total. The van der Waals surface area contributed by atoms with Crippen LogP contribution in [0.3, 0.4) is 0 Å². The Bertz CT molecular complexity index is 1230. The fourth-order valence-electron chi connectivity index (χ4n) is 3.05. The number of hydrogen-bond acceptors (Lipinski definition) is 5. The number of hydrogen-bond donors (Lipinski definition) is 1. The zero-order valence-electron chi connectivity index (χ0n) is 15.3. The SMILES string of the molecule is CC(C)(O)c1ccn2c(-c3ccnc(-c4cccc(C#N)c4)n3)cnc2c1F. The van der Waals surface area contributed by atoms with Crippen molar-refractivity contribution in [1.82, 2.24) is 19.4 Å². The van der Waals surface area contributed by atoms with E-state index in [-0.39, 0.29) is 11.2 Å². The van der Waals surface area contributed by atoms with Crippen molar-refractivity contribution in [2.45, 2.75) is 19.4 Å². The van der Waals surface area contributed by atoms with Crippen LogP contribution in [-0.2, 0) is 5.60 Å². The lowest BCUT2D eigenvalue weighted by molar-refractivity contribution is 0.0746. The summed E-state index contributed by atoms with van der Waals surface area (Å²) in [4.78, 5) is 13.0. The molecule has 3 aromatic heterocycles. The number of nitrogens with zero attached hydrogens (tertiary/aromatic N) is 5. The predicted molar refractivity (Wildman–Crippen MR) is 102 cm³/mol. The highest BCUT2D eigenvalue weighted by atomic mass is 19.1. The molecule has 1 aromatic carbocycles. The largest absolute Gasteiger partial charge is 0.386 e. The van der Waals surface area contributed by atoms with Gasteiger partial charge in [-0.1, -0.05) is 12.1 Å². The maximum atomic E-state index is 14.8. The summed E-state index contributed by atoms with van der Waals surface area (Å²) in [6.45, 7) is 3.05. The van der Waals surface area contributed by atoms with Gasteiger partial charge in [-0.2, -0.15) is 5.26 Å². The average molecular weight is 373 g/mol. The number of fused-ring (bicyclic) bond motifs is 1. The molecule has 4 rings (SSSR count). The molecule has 6 nitrogen and oxygen atoms in total. The molecule has 0 aliphatic heterocycles.